The van der Waals surface area contributed by atoms with Gasteiger partial charge in [0.1, 0.15) is 11.3 Å². The third-order valence-corrected chi connectivity index (χ3v) is 3.81. The molecule has 1 saturated carbocycles. The summed E-state index contributed by atoms with van der Waals surface area (Å²) < 4.78 is 4.98. The molecular weight excluding hydrogens is 256 g/mol. The molecule has 0 radical (unpaired) electrons. The van der Waals surface area contributed by atoms with Gasteiger partial charge in [0, 0.05) is 12.0 Å². The zero-order valence-corrected chi connectivity index (χ0v) is 11.1. The Morgan fingerprint density at radius 1 is 1.40 bits per heavy atom. The van der Waals surface area contributed by atoms with Crippen molar-refractivity contribution in [3.8, 4) is 5.75 Å². The maximum atomic E-state index is 10.9. The van der Waals surface area contributed by atoms with Crippen LogP contribution in [0.3, 0.4) is 0 Å². The molecule has 1 heterocycles. The van der Waals surface area contributed by atoms with Crippen molar-refractivity contribution >= 4 is 17.1 Å². The summed E-state index contributed by atoms with van der Waals surface area (Å²) in [5.41, 5.74) is 12.6. The van der Waals surface area contributed by atoms with Crippen molar-refractivity contribution in [1.82, 2.24) is 9.97 Å². The average molecular weight is 274 g/mol. The number of carbonyl (C=O) groups excluding carboxylic acids is 1. The molecule has 1 aliphatic rings. The molecule has 1 aromatic carbocycles. The minimum atomic E-state index is -0.832. The summed E-state index contributed by atoms with van der Waals surface area (Å²) in [4.78, 5) is 18.8. The smallest absolute Gasteiger partial charge is 0.408 e. The highest BCUT2D eigenvalue weighted by atomic mass is 16.5. The maximum Gasteiger partial charge on any atom is 0.410 e. The monoisotopic (exact) mass is 274 g/mol. The first kappa shape index (κ1) is 12.9. The number of ether oxygens (including phenoxy) is 1. The van der Waals surface area contributed by atoms with E-state index in [0.717, 1.165) is 37.0 Å². The van der Waals surface area contributed by atoms with Gasteiger partial charge in [0.2, 0.25) is 0 Å². The van der Waals surface area contributed by atoms with Crippen LogP contribution in [0, 0.1) is 0 Å². The van der Waals surface area contributed by atoms with Crippen molar-refractivity contribution in [1.29, 1.82) is 0 Å². The summed E-state index contributed by atoms with van der Waals surface area (Å²) in [5.74, 6) is 1.64. The maximum absolute atomic E-state index is 10.9. The van der Waals surface area contributed by atoms with E-state index in [4.69, 9.17) is 16.2 Å². The zero-order valence-electron chi connectivity index (χ0n) is 11.1. The number of primary amides is 1. The number of imidazole rings is 1. The van der Waals surface area contributed by atoms with E-state index in [1.807, 2.05) is 6.07 Å². The van der Waals surface area contributed by atoms with Crippen molar-refractivity contribution < 1.29 is 9.53 Å². The molecule has 2 aromatic rings. The van der Waals surface area contributed by atoms with Gasteiger partial charge in [-0.2, -0.15) is 0 Å². The number of aromatic nitrogens is 2. The number of para-hydroxylation sites is 1. The van der Waals surface area contributed by atoms with Gasteiger partial charge >= 0.3 is 6.09 Å². The molecule has 1 fully saturated rings. The summed E-state index contributed by atoms with van der Waals surface area (Å²) in [7, 11) is 0. The van der Waals surface area contributed by atoms with Gasteiger partial charge in [-0.3, -0.25) is 0 Å². The molecule has 1 aliphatic carbocycles. The van der Waals surface area contributed by atoms with Gasteiger partial charge in [0.15, 0.2) is 5.75 Å². The van der Waals surface area contributed by atoms with Gasteiger partial charge in [-0.25, -0.2) is 9.78 Å². The molecule has 0 bridgehead atoms. The van der Waals surface area contributed by atoms with E-state index < -0.39 is 6.09 Å². The van der Waals surface area contributed by atoms with E-state index in [0.29, 0.717) is 17.2 Å². The summed E-state index contributed by atoms with van der Waals surface area (Å²) in [6.07, 6.45) is 3.38. The number of hydrogen-bond donors (Lipinski definition) is 3. The van der Waals surface area contributed by atoms with Gasteiger partial charge in [-0.1, -0.05) is 12.5 Å². The van der Waals surface area contributed by atoms with Crippen LogP contribution in [0.25, 0.3) is 11.0 Å². The van der Waals surface area contributed by atoms with Crippen LogP contribution in [-0.2, 0) is 0 Å². The lowest BCUT2D eigenvalue weighted by Crippen LogP contribution is -2.27. The number of nitrogens with one attached hydrogen (secondary N) is 1. The number of nitrogens with two attached hydrogens (primary N) is 2. The Morgan fingerprint density at radius 3 is 3.00 bits per heavy atom. The first-order valence-corrected chi connectivity index (χ1v) is 6.85. The topological polar surface area (TPSA) is 107 Å². The predicted molar refractivity (Wildman–Crippen MR) is 75.5 cm³/mol. The Bertz CT molecular complexity index is 637. The van der Waals surface area contributed by atoms with Crippen LogP contribution in [-0.4, -0.2) is 22.1 Å². The molecule has 0 spiro atoms. The molecule has 6 heteroatoms. The molecule has 2 atom stereocenters. The lowest BCUT2D eigenvalue weighted by atomic mass is 9.86. The Labute approximate surface area is 116 Å². The SMILES string of the molecule is NC(=O)Oc1cccc2[nH]c(C3CCCC(N)C3)nc12. The Morgan fingerprint density at radius 2 is 2.25 bits per heavy atom. The first-order valence-electron chi connectivity index (χ1n) is 6.85. The van der Waals surface area contributed by atoms with Crippen LogP contribution in [0.5, 0.6) is 5.75 Å². The van der Waals surface area contributed by atoms with Crippen molar-refractivity contribution in [3.05, 3.63) is 24.0 Å². The van der Waals surface area contributed by atoms with Crippen LogP contribution >= 0.6 is 0 Å². The fraction of sp³-hybridized carbons (Fsp3) is 0.429. The van der Waals surface area contributed by atoms with Crippen molar-refractivity contribution in [2.24, 2.45) is 11.5 Å². The second-order valence-electron chi connectivity index (χ2n) is 5.32. The average Bonchev–Trinajstić information content (AvgIpc) is 2.83. The largest absolute Gasteiger partial charge is 0.410 e. The molecule has 20 heavy (non-hydrogen) atoms. The van der Waals surface area contributed by atoms with E-state index in [9.17, 15) is 4.79 Å². The number of aromatic amines is 1. The number of fused-ring (bicyclic) bond motifs is 1. The van der Waals surface area contributed by atoms with Crippen LogP contribution < -0.4 is 16.2 Å². The molecule has 5 N–H and O–H groups in total. The van der Waals surface area contributed by atoms with Gasteiger partial charge in [0.25, 0.3) is 0 Å². The lowest BCUT2D eigenvalue weighted by Gasteiger charge is -2.24. The standard InChI is InChI=1S/C14H18N4O2/c15-9-4-1-3-8(7-9)13-17-10-5-2-6-11(12(10)18-13)20-14(16)19/h2,5-6,8-9H,1,3-4,7,15H2,(H2,16,19)(H,17,18). The molecule has 0 saturated heterocycles. The second-order valence-corrected chi connectivity index (χ2v) is 5.32. The van der Waals surface area contributed by atoms with Gasteiger partial charge in [0.05, 0.1) is 5.52 Å². The molecule has 3 rings (SSSR count). The quantitative estimate of drug-likeness (QED) is 0.778. The Kier molecular flexibility index (Phi) is 3.31. The zero-order chi connectivity index (χ0) is 14.1. The van der Waals surface area contributed by atoms with Crippen LogP contribution in [0.15, 0.2) is 18.2 Å². The highest BCUT2D eigenvalue weighted by Gasteiger charge is 2.24. The number of hydrogen-bond acceptors (Lipinski definition) is 4. The molecular formula is C14H18N4O2. The molecule has 1 amide bonds. The van der Waals surface area contributed by atoms with Crippen LogP contribution in [0.1, 0.15) is 37.4 Å². The normalized spacial score (nSPS) is 22.9. The van der Waals surface area contributed by atoms with Gasteiger partial charge < -0.3 is 21.2 Å². The second kappa shape index (κ2) is 5.13. The van der Waals surface area contributed by atoms with E-state index in [1.54, 1.807) is 12.1 Å². The summed E-state index contributed by atoms with van der Waals surface area (Å²) in [6, 6.07) is 5.63. The lowest BCUT2D eigenvalue weighted by molar-refractivity contribution is 0.211. The van der Waals surface area contributed by atoms with Crippen molar-refractivity contribution in [2.45, 2.75) is 37.6 Å². The number of H-pyrrole nitrogens is 1. The Hall–Kier alpha value is -2.08. The van der Waals surface area contributed by atoms with Crippen molar-refractivity contribution in [2.75, 3.05) is 0 Å². The number of amides is 1. The number of carbonyl (C=O) groups is 1. The molecule has 0 aliphatic heterocycles. The molecule has 2 unspecified atom stereocenters. The van der Waals surface area contributed by atoms with Crippen molar-refractivity contribution in [3.63, 3.8) is 0 Å². The minimum absolute atomic E-state index is 0.239. The molecule has 6 nitrogen and oxygen atoms in total. The fourth-order valence-corrected chi connectivity index (χ4v) is 2.88. The third-order valence-electron chi connectivity index (χ3n) is 3.81. The summed E-state index contributed by atoms with van der Waals surface area (Å²) >= 11 is 0. The third kappa shape index (κ3) is 2.46. The van der Waals surface area contributed by atoms with Gasteiger partial charge in [-0.15, -0.1) is 0 Å². The van der Waals surface area contributed by atoms with Crippen LogP contribution in [0.4, 0.5) is 4.79 Å². The van der Waals surface area contributed by atoms with Crippen LogP contribution in [0.2, 0.25) is 0 Å². The van der Waals surface area contributed by atoms with E-state index in [-0.39, 0.29) is 6.04 Å². The molecule has 1 aromatic heterocycles. The van der Waals surface area contributed by atoms with E-state index in [2.05, 4.69) is 9.97 Å². The van der Waals surface area contributed by atoms with Gasteiger partial charge in [-0.05, 0) is 31.4 Å². The fourth-order valence-electron chi connectivity index (χ4n) is 2.88. The highest BCUT2D eigenvalue weighted by molar-refractivity contribution is 5.84. The first-order chi connectivity index (χ1) is 9.63. The highest BCUT2D eigenvalue weighted by Crippen LogP contribution is 2.33. The minimum Gasteiger partial charge on any atom is -0.408 e. The number of rotatable bonds is 2. The number of nitrogens with zero attached hydrogens (tertiary/aromatic N) is 1. The Balaban J connectivity index is 1.95. The summed E-state index contributed by atoms with van der Waals surface area (Å²) in [5, 5.41) is 0. The summed E-state index contributed by atoms with van der Waals surface area (Å²) in [6.45, 7) is 0. The molecule has 106 valence electrons. The van der Waals surface area contributed by atoms with E-state index >= 15 is 0 Å². The number of benzene rings is 1. The predicted octanol–water partition coefficient (Wildman–Crippen LogP) is 2.01. The van der Waals surface area contributed by atoms with E-state index in [1.165, 1.54) is 0 Å².